The summed E-state index contributed by atoms with van der Waals surface area (Å²) in [4.78, 5) is 3.89. The summed E-state index contributed by atoms with van der Waals surface area (Å²) in [7, 11) is 0. The van der Waals surface area contributed by atoms with Crippen LogP contribution in [0.3, 0.4) is 0 Å². The maximum Gasteiger partial charge on any atom is 0.223 e. The van der Waals surface area contributed by atoms with Gasteiger partial charge < -0.3 is 4.74 Å². The molecule has 0 amide bonds. The molecule has 0 atom stereocenters. The van der Waals surface area contributed by atoms with Gasteiger partial charge in [0.1, 0.15) is 11.8 Å². The lowest BCUT2D eigenvalue weighted by Gasteiger charge is -2.06. The molecule has 12 heavy (non-hydrogen) atoms. The molecule has 1 radical (unpaired) electrons. The number of pyridine rings is 1. The highest BCUT2D eigenvalue weighted by Gasteiger charge is 1.99. The Balaban J connectivity index is 2.81. The monoisotopic (exact) mass is 161 g/mol. The first kappa shape index (κ1) is 8.54. The van der Waals surface area contributed by atoms with Crippen LogP contribution in [0.4, 0.5) is 0 Å². The van der Waals surface area contributed by atoms with Crippen molar-refractivity contribution in [1.29, 1.82) is 5.26 Å². The van der Waals surface area contributed by atoms with Crippen molar-refractivity contribution in [3.63, 3.8) is 0 Å². The van der Waals surface area contributed by atoms with Crippen LogP contribution in [0.25, 0.3) is 0 Å². The molecule has 1 aromatic rings. The van der Waals surface area contributed by atoms with Crippen LogP contribution < -0.4 is 4.74 Å². The highest BCUT2D eigenvalue weighted by molar-refractivity contribution is 5.23. The fourth-order valence-corrected chi connectivity index (χ4v) is 0.717. The summed E-state index contributed by atoms with van der Waals surface area (Å²) in [5.41, 5.74) is 0.351. The molecule has 1 rings (SSSR count). The Morgan fingerprint density at radius 2 is 2.42 bits per heavy atom. The van der Waals surface area contributed by atoms with E-state index in [1.165, 1.54) is 0 Å². The van der Waals surface area contributed by atoms with E-state index in [4.69, 9.17) is 10.00 Å². The van der Waals surface area contributed by atoms with Gasteiger partial charge >= 0.3 is 0 Å². The molecule has 0 aliphatic rings. The normalized spacial score (nSPS) is 9.50. The minimum absolute atomic E-state index is 0.0580. The molecule has 0 N–H and O–H groups in total. The SMILES string of the molecule is CC(C)Oc1[c]ccc(C#N)n1. The van der Waals surface area contributed by atoms with Crippen LogP contribution in [0.1, 0.15) is 19.5 Å². The molecule has 1 heterocycles. The maximum atomic E-state index is 8.51. The lowest BCUT2D eigenvalue weighted by molar-refractivity contribution is 0.232. The Labute approximate surface area is 71.6 Å². The van der Waals surface area contributed by atoms with E-state index in [-0.39, 0.29) is 6.10 Å². The van der Waals surface area contributed by atoms with Gasteiger partial charge in [0.2, 0.25) is 5.88 Å². The molecule has 0 spiro atoms. The van der Waals surface area contributed by atoms with Gasteiger partial charge in [0, 0.05) is 6.07 Å². The summed E-state index contributed by atoms with van der Waals surface area (Å²) in [5, 5.41) is 8.51. The number of rotatable bonds is 2. The van der Waals surface area contributed by atoms with E-state index in [0.717, 1.165) is 0 Å². The zero-order valence-corrected chi connectivity index (χ0v) is 7.03. The first-order chi connectivity index (χ1) is 5.72. The molecule has 0 fully saturated rings. The van der Waals surface area contributed by atoms with Crippen molar-refractivity contribution in [2.75, 3.05) is 0 Å². The molecular formula is C9H9N2O. The van der Waals surface area contributed by atoms with Crippen LogP contribution in [-0.2, 0) is 0 Å². The van der Waals surface area contributed by atoms with Crippen LogP contribution in [0.5, 0.6) is 5.88 Å². The molecule has 3 heteroatoms. The fourth-order valence-electron chi connectivity index (χ4n) is 0.717. The van der Waals surface area contributed by atoms with Gasteiger partial charge in [-0.2, -0.15) is 5.26 Å². The van der Waals surface area contributed by atoms with E-state index in [9.17, 15) is 0 Å². The van der Waals surface area contributed by atoms with E-state index >= 15 is 0 Å². The molecule has 0 aromatic carbocycles. The lowest BCUT2D eigenvalue weighted by Crippen LogP contribution is -2.07. The lowest BCUT2D eigenvalue weighted by atomic mass is 10.4. The van der Waals surface area contributed by atoms with Crippen molar-refractivity contribution in [2.24, 2.45) is 0 Å². The smallest absolute Gasteiger partial charge is 0.223 e. The molecule has 0 aliphatic carbocycles. The minimum Gasteiger partial charge on any atom is -0.474 e. The molecule has 0 unspecified atom stereocenters. The number of nitrogens with zero attached hydrogens (tertiary/aromatic N) is 2. The third-order valence-electron chi connectivity index (χ3n) is 1.13. The second kappa shape index (κ2) is 3.72. The summed E-state index contributed by atoms with van der Waals surface area (Å²) < 4.78 is 5.24. The molecule has 0 bridgehead atoms. The number of hydrogen-bond donors (Lipinski definition) is 0. The van der Waals surface area contributed by atoms with Crippen molar-refractivity contribution in [1.82, 2.24) is 4.98 Å². The summed E-state index contributed by atoms with van der Waals surface area (Å²) in [6.45, 7) is 3.79. The first-order valence-electron chi connectivity index (χ1n) is 3.68. The molecule has 0 saturated heterocycles. The highest BCUT2D eigenvalue weighted by Crippen LogP contribution is 2.07. The Morgan fingerprint density at radius 3 is 3.00 bits per heavy atom. The van der Waals surface area contributed by atoms with Gasteiger partial charge in [-0.3, -0.25) is 0 Å². The van der Waals surface area contributed by atoms with Crippen molar-refractivity contribution in [2.45, 2.75) is 20.0 Å². The standard InChI is InChI=1S/C9H9N2O/c1-7(2)12-9-5-3-4-8(6-10)11-9/h3-4,7H,1-2H3. The average molecular weight is 161 g/mol. The van der Waals surface area contributed by atoms with Gasteiger partial charge in [-0.15, -0.1) is 0 Å². The van der Waals surface area contributed by atoms with E-state index in [1.54, 1.807) is 12.1 Å². The number of hydrogen-bond acceptors (Lipinski definition) is 3. The van der Waals surface area contributed by atoms with Crippen LogP contribution in [0, 0.1) is 17.4 Å². The Morgan fingerprint density at radius 1 is 1.67 bits per heavy atom. The number of nitriles is 1. The molecule has 61 valence electrons. The summed E-state index contributed by atoms with van der Waals surface area (Å²) >= 11 is 0. The second-order valence-corrected chi connectivity index (χ2v) is 2.56. The first-order valence-corrected chi connectivity index (χ1v) is 3.68. The fraction of sp³-hybridized carbons (Fsp3) is 0.333. The molecule has 3 nitrogen and oxygen atoms in total. The van der Waals surface area contributed by atoms with Gasteiger partial charge in [0.25, 0.3) is 0 Å². The predicted molar refractivity (Wildman–Crippen MR) is 43.6 cm³/mol. The summed E-state index contributed by atoms with van der Waals surface area (Å²) in [6, 6.07) is 7.94. The van der Waals surface area contributed by atoms with Crippen molar-refractivity contribution >= 4 is 0 Å². The Kier molecular flexibility index (Phi) is 2.65. The van der Waals surface area contributed by atoms with Crippen LogP contribution in [0.15, 0.2) is 12.1 Å². The van der Waals surface area contributed by atoms with Crippen LogP contribution in [-0.4, -0.2) is 11.1 Å². The third kappa shape index (κ3) is 2.24. The maximum absolute atomic E-state index is 8.51. The highest BCUT2D eigenvalue weighted by atomic mass is 16.5. The van der Waals surface area contributed by atoms with E-state index in [0.29, 0.717) is 11.6 Å². The largest absolute Gasteiger partial charge is 0.474 e. The number of ether oxygens (including phenoxy) is 1. The van der Waals surface area contributed by atoms with E-state index in [1.807, 2.05) is 19.9 Å². The molecule has 1 aromatic heterocycles. The average Bonchev–Trinajstić information content (AvgIpc) is 2.03. The van der Waals surface area contributed by atoms with Gasteiger partial charge in [0.15, 0.2) is 0 Å². The van der Waals surface area contributed by atoms with Crippen molar-refractivity contribution in [3.05, 3.63) is 23.9 Å². The quantitative estimate of drug-likeness (QED) is 0.660. The zero-order chi connectivity index (χ0) is 8.97. The summed E-state index contributed by atoms with van der Waals surface area (Å²) in [5.74, 6) is 0.379. The van der Waals surface area contributed by atoms with E-state index < -0.39 is 0 Å². The van der Waals surface area contributed by atoms with Crippen molar-refractivity contribution in [3.8, 4) is 11.9 Å². The molecule has 0 saturated carbocycles. The van der Waals surface area contributed by atoms with Gasteiger partial charge in [-0.25, -0.2) is 4.98 Å². The minimum atomic E-state index is 0.0580. The second-order valence-electron chi connectivity index (χ2n) is 2.56. The van der Waals surface area contributed by atoms with Gasteiger partial charge in [-0.1, -0.05) is 0 Å². The predicted octanol–water partition coefficient (Wildman–Crippen LogP) is 1.54. The van der Waals surface area contributed by atoms with Gasteiger partial charge in [0.05, 0.1) is 6.10 Å². The van der Waals surface area contributed by atoms with Gasteiger partial charge in [-0.05, 0) is 26.0 Å². The summed E-state index contributed by atoms with van der Waals surface area (Å²) in [6.07, 6.45) is 0.0580. The third-order valence-corrected chi connectivity index (χ3v) is 1.13. The zero-order valence-electron chi connectivity index (χ0n) is 7.03. The van der Waals surface area contributed by atoms with Crippen LogP contribution in [0.2, 0.25) is 0 Å². The molecule has 0 aliphatic heterocycles. The topological polar surface area (TPSA) is 45.9 Å². The Bertz CT molecular complexity index is 302. The van der Waals surface area contributed by atoms with Crippen molar-refractivity contribution < 1.29 is 4.74 Å². The van der Waals surface area contributed by atoms with Crippen LogP contribution >= 0.6 is 0 Å². The number of aromatic nitrogens is 1. The van der Waals surface area contributed by atoms with E-state index in [2.05, 4.69) is 11.1 Å². The Hall–Kier alpha value is -1.56. The molecular weight excluding hydrogens is 152 g/mol.